The lowest BCUT2D eigenvalue weighted by atomic mass is 10.0. The van der Waals surface area contributed by atoms with Crippen molar-refractivity contribution in [3.8, 4) is 11.4 Å². The minimum atomic E-state index is 0.185. The number of benzene rings is 2. The third kappa shape index (κ3) is 3.40. The highest BCUT2D eigenvalue weighted by atomic mass is 16.5. The predicted molar refractivity (Wildman–Crippen MR) is 96.0 cm³/mol. The number of carbonyl (C=O) groups excluding carboxylic acids is 1. The molecule has 0 radical (unpaired) electrons. The number of hydrogen-bond acceptors (Lipinski definition) is 4. The van der Waals surface area contributed by atoms with Gasteiger partial charge in [-0.1, -0.05) is 47.6 Å². The highest BCUT2D eigenvalue weighted by Crippen LogP contribution is 2.26. The molecule has 3 aromatic rings. The first kappa shape index (κ1) is 15.8. The van der Waals surface area contributed by atoms with Gasteiger partial charge < -0.3 is 9.42 Å². The maximum Gasteiger partial charge on any atom is 0.227 e. The van der Waals surface area contributed by atoms with Crippen LogP contribution < -0.4 is 0 Å². The van der Waals surface area contributed by atoms with Gasteiger partial charge in [0.1, 0.15) is 0 Å². The van der Waals surface area contributed by atoms with Crippen LogP contribution in [0.2, 0.25) is 0 Å². The summed E-state index contributed by atoms with van der Waals surface area (Å²) >= 11 is 0. The molecule has 1 aliphatic heterocycles. The monoisotopic (exact) mass is 335 g/mol. The fraction of sp³-hybridized carbons (Fsp3) is 0.350. The van der Waals surface area contributed by atoms with E-state index in [2.05, 4.69) is 28.3 Å². The maximum atomic E-state index is 12.3. The molecular formula is C20H21N3O2. The largest absolute Gasteiger partial charge is 0.343 e. The fourth-order valence-corrected chi connectivity index (χ4v) is 3.40. The van der Waals surface area contributed by atoms with Crippen molar-refractivity contribution in [1.29, 1.82) is 0 Å². The van der Waals surface area contributed by atoms with Gasteiger partial charge in [0, 0.05) is 31.5 Å². The third-order valence-corrected chi connectivity index (χ3v) is 4.76. The molecule has 4 rings (SSSR count). The summed E-state index contributed by atoms with van der Waals surface area (Å²) in [5, 5.41) is 6.36. The number of likely N-dealkylation sites (tertiary alicyclic amines) is 1. The number of carbonyl (C=O) groups is 1. The van der Waals surface area contributed by atoms with Gasteiger partial charge in [-0.05, 0) is 30.0 Å². The average molecular weight is 335 g/mol. The fourth-order valence-electron chi connectivity index (χ4n) is 3.40. The first-order valence-electron chi connectivity index (χ1n) is 8.90. The van der Waals surface area contributed by atoms with Crippen LogP contribution in [0, 0.1) is 0 Å². The van der Waals surface area contributed by atoms with Crippen molar-refractivity contribution >= 4 is 16.7 Å². The van der Waals surface area contributed by atoms with E-state index in [1.165, 1.54) is 6.42 Å². The molecule has 1 amide bonds. The Morgan fingerprint density at radius 3 is 2.72 bits per heavy atom. The topological polar surface area (TPSA) is 59.2 Å². The van der Waals surface area contributed by atoms with Gasteiger partial charge in [-0.15, -0.1) is 0 Å². The number of hydrogen-bond donors (Lipinski definition) is 0. The summed E-state index contributed by atoms with van der Waals surface area (Å²) in [4.78, 5) is 18.7. The second-order valence-electron chi connectivity index (χ2n) is 6.48. The Bertz CT molecular complexity index is 876. The molecule has 0 spiro atoms. The standard InChI is InChI=1S/C20H21N3O2/c24-19(23-13-4-1-5-14-23)12-11-18-21-20(22-25-18)17-10-6-8-15-7-2-3-9-16(15)17/h2-3,6-10H,1,4-5,11-14H2. The van der Waals surface area contributed by atoms with E-state index >= 15 is 0 Å². The van der Waals surface area contributed by atoms with Crippen LogP contribution in [0.3, 0.4) is 0 Å². The molecule has 1 aliphatic rings. The molecule has 25 heavy (non-hydrogen) atoms. The smallest absolute Gasteiger partial charge is 0.227 e. The molecule has 5 nitrogen and oxygen atoms in total. The van der Waals surface area contributed by atoms with Crippen molar-refractivity contribution in [3.05, 3.63) is 48.4 Å². The van der Waals surface area contributed by atoms with Crippen LogP contribution in [0.1, 0.15) is 31.6 Å². The molecular weight excluding hydrogens is 314 g/mol. The number of aryl methyl sites for hydroxylation is 1. The van der Waals surface area contributed by atoms with E-state index in [0.717, 1.165) is 42.3 Å². The zero-order valence-electron chi connectivity index (χ0n) is 14.1. The molecule has 2 heterocycles. The minimum absolute atomic E-state index is 0.185. The van der Waals surface area contributed by atoms with E-state index in [1.54, 1.807) is 0 Å². The van der Waals surface area contributed by atoms with E-state index < -0.39 is 0 Å². The molecule has 0 aliphatic carbocycles. The van der Waals surface area contributed by atoms with Gasteiger partial charge in [0.25, 0.3) is 0 Å². The highest BCUT2D eigenvalue weighted by molar-refractivity contribution is 5.94. The van der Waals surface area contributed by atoms with E-state index in [1.807, 2.05) is 29.2 Å². The van der Waals surface area contributed by atoms with Crippen molar-refractivity contribution in [3.63, 3.8) is 0 Å². The molecule has 2 aromatic carbocycles. The lowest BCUT2D eigenvalue weighted by Crippen LogP contribution is -2.35. The van der Waals surface area contributed by atoms with Gasteiger partial charge in [-0.2, -0.15) is 4.98 Å². The number of piperidine rings is 1. The summed E-state index contributed by atoms with van der Waals surface area (Å²) < 4.78 is 5.37. The molecule has 1 saturated heterocycles. The van der Waals surface area contributed by atoms with Crippen molar-refractivity contribution in [2.24, 2.45) is 0 Å². The Morgan fingerprint density at radius 1 is 1.04 bits per heavy atom. The van der Waals surface area contributed by atoms with E-state index in [4.69, 9.17) is 4.52 Å². The van der Waals surface area contributed by atoms with Crippen LogP contribution in [-0.2, 0) is 11.2 Å². The van der Waals surface area contributed by atoms with E-state index in [9.17, 15) is 4.79 Å². The second-order valence-corrected chi connectivity index (χ2v) is 6.48. The van der Waals surface area contributed by atoms with Crippen LogP contribution in [0.15, 0.2) is 47.0 Å². The zero-order chi connectivity index (χ0) is 17.1. The summed E-state index contributed by atoms with van der Waals surface area (Å²) in [6.07, 6.45) is 4.36. The van der Waals surface area contributed by atoms with Crippen LogP contribution in [0.25, 0.3) is 22.2 Å². The third-order valence-electron chi connectivity index (χ3n) is 4.76. The van der Waals surface area contributed by atoms with Crippen molar-refractivity contribution in [2.45, 2.75) is 32.1 Å². The summed E-state index contributed by atoms with van der Waals surface area (Å²) in [6.45, 7) is 1.76. The van der Waals surface area contributed by atoms with Gasteiger partial charge in [-0.3, -0.25) is 4.79 Å². The number of rotatable bonds is 4. The molecule has 0 unspecified atom stereocenters. The molecule has 1 fully saturated rings. The number of nitrogens with zero attached hydrogens (tertiary/aromatic N) is 3. The van der Waals surface area contributed by atoms with Crippen LogP contribution in [0.4, 0.5) is 0 Å². The Hall–Kier alpha value is -2.69. The maximum absolute atomic E-state index is 12.3. The normalized spacial score (nSPS) is 14.8. The molecule has 0 atom stereocenters. The summed E-state index contributed by atoms with van der Waals surface area (Å²) in [7, 11) is 0. The Balaban J connectivity index is 1.47. The van der Waals surface area contributed by atoms with E-state index in [-0.39, 0.29) is 5.91 Å². The predicted octanol–water partition coefficient (Wildman–Crippen LogP) is 3.83. The first-order chi connectivity index (χ1) is 12.3. The molecule has 0 bridgehead atoms. The number of amides is 1. The van der Waals surface area contributed by atoms with Gasteiger partial charge in [-0.25, -0.2) is 0 Å². The lowest BCUT2D eigenvalue weighted by Gasteiger charge is -2.26. The molecule has 128 valence electrons. The molecule has 0 N–H and O–H groups in total. The summed E-state index contributed by atoms with van der Waals surface area (Å²) in [5.41, 5.74) is 0.954. The van der Waals surface area contributed by atoms with E-state index in [0.29, 0.717) is 24.6 Å². The van der Waals surface area contributed by atoms with Crippen LogP contribution in [-0.4, -0.2) is 34.0 Å². The number of fused-ring (bicyclic) bond motifs is 1. The van der Waals surface area contributed by atoms with Gasteiger partial charge >= 0.3 is 0 Å². The summed E-state index contributed by atoms with van der Waals surface area (Å²) in [6, 6.07) is 14.2. The Morgan fingerprint density at radius 2 is 1.84 bits per heavy atom. The van der Waals surface area contributed by atoms with Crippen molar-refractivity contribution < 1.29 is 9.32 Å². The molecule has 5 heteroatoms. The van der Waals surface area contributed by atoms with Crippen LogP contribution >= 0.6 is 0 Å². The van der Waals surface area contributed by atoms with Gasteiger partial charge in [0.2, 0.25) is 17.6 Å². The quantitative estimate of drug-likeness (QED) is 0.727. The zero-order valence-corrected chi connectivity index (χ0v) is 14.1. The highest BCUT2D eigenvalue weighted by Gasteiger charge is 2.18. The van der Waals surface area contributed by atoms with Gasteiger partial charge in [0.15, 0.2) is 0 Å². The molecule has 0 saturated carbocycles. The first-order valence-corrected chi connectivity index (χ1v) is 8.90. The average Bonchev–Trinajstić information content (AvgIpc) is 3.15. The molecule has 1 aromatic heterocycles. The lowest BCUT2D eigenvalue weighted by molar-refractivity contribution is -0.132. The Kier molecular flexibility index (Phi) is 4.46. The SMILES string of the molecule is O=C(CCc1nc(-c2cccc3ccccc23)no1)N1CCCCC1. The van der Waals surface area contributed by atoms with Crippen molar-refractivity contribution in [1.82, 2.24) is 15.0 Å². The second kappa shape index (κ2) is 7.05. The summed E-state index contributed by atoms with van der Waals surface area (Å²) in [5.74, 6) is 1.29. The van der Waals surface area contributed by atoms with Gasteiger partial charge in [0.05, 0.1) is 0 Å². The Labute approximate surface area is 146 Å². The van der Waals surface area contributed by atoms with Crippen LogP contribution in [0.5, 0.6) is 0 Å². The van der Waals surface area contributed by atoms with Crippen molar-refractivity contribution in [2.75, 3.05) is 13.1 Å². The number of aromatic nitrogens is 2. The minimum Gasteiger partial charge on any atom is -0.343 e.